The maximum Gasteiger partial charge on any atom is 0.155 e. The van der Waals surface area contributed by atoms with Crippen LogP contribution in [0.4, 0.5) is 0 Å². The third kappa shape index (κ3) is 4.20. The average molecular weight is 311 g/mol. The summed E-state index contributed by atoms with van der Waals surface area (Å²) in [4.78, 5) is 0. The van der Waals surface area contributed by atoms with Gasteiger partial charge < -0.3 is 10.1 Å². The number of hydrogen-bond donors (Lipinski definition) is 1. The van der Waals surface area contributed by atoms with Gasteiger partial charge in [0, 0.05) is 6.04 Å². The Morgan fingerprint density at radius 2 is 1.81 bits per heavy atom. The number of benzene rings is 1. The van der Waals surface area contributed by atoms with Crippen LogP contribution in [0, 0.1) is 0 Å². The lowest BCUT2D eigenvalue weighted by Gasteiger charge is -2.25. The van der Waals surface area contributed by atoms with Crippen molar-refractivity contribution >= 4 is 9.84 Å². The van der Waals surface area contributed by atoms with Crippen LogP contribution >= 0.6 is 0 Å². The first-order chi connectivity index (χ1) is 10.1. The van der Waals surface area contributed by atoms with Gasteiger partial charge in [-0.15, -0.1) is 0 Å². The van der Waals surface area contributed by atoms with Crippen LogP contribution < -0.4 is 10.1 Å². The minimum absolute atomic E-state index is 0.152. The second-order valence-electron chi connectivity index (χ2n) is 5.70. The molecule has 1 saturated carbocycles. The summed E-state index contributed by atoms with van der Waals surface area (Å²) in [5, 5.41) is 2.98. The van der Waals surface area contributed by atoms with Gasteiger partial charge in [-0.1, -0.05) is 31.4 Å². The van der Waals surface area contributed by atoms with Crippen LogP contribution in [0.25, 0.3) is 0 Å². The molecule has 0 heterocycles. The molecule has 2 rings (SSSR count). The fourth-order valence-electron chi connectivity index (χ4n) is 2.98. The van der Waals surface area contributed by atoms with Gasteiger partial charge in [-0.25, -0.2) is 8.42 Å². The fraction of sp³-hybridized carbons (Fsp3) is 0.625. The van der Waals surface area contributed by atoms with Crippen molar-refractivity contribution in [3.05, 3.63) is 29.8 Å². The Kier molecular flexibility index (Phi) is 5.65. The van der Waals surface area contributed by atoms with Crippen molar-refractivity contribution < 1.29 is 13.2 Å². The van der Waals surface area contributed by atoms with Crippen LogP contribution in [0.2, 0.25) is 0 Å². The normalized spacial score (nSPS) is 18.4. The Morgan fingerprint density at radius 3 is 2.33 bits per heavy atom. The molecule has 0 aromatic heterocycles. The molecule has 1 fully saturated rings. The first-order valence-corrected chi connectivity index (χ1v) is 9.31. The largest absolute Gasteiger partial charge is 0.497 e. The summed E-state index contributed by atoms with van der Waals surface area (Å²) in [6.07, 6.45) is 4.88. The van der Waals surface area contributed by atoms with E-state index in [4.69, 9.17) is 4.74 Å². The molecule has 0 radical (unpaired) electrons. The zero-order chi connectivity index (χ0) is 15.3. The first kappa shape index (κ1) is 16.3. The summed E-state index contributed by atoms with van der Waals surface area (Å²) in [6, 6.07) is 7.43. The molecule has 0 aliphatic heterocycles. The molecule has 1 aromatic carbocycles. The van der Waals surface area contributed by atoms with E-state index in [0.29, 0.717) is 0 Å². The van der Waals surface area contributed by atoms with Crippen LogP contribution in [0.1, 0.15) is 43.7 Å². The Labute approximate surface area is 127 Å². The van der Waals surface area contributed by atoms with Crippen LogP contribution in [0.5, 0.6) is 5.75 Å². The Morgan fingerprint density at radius 1 is 1.19 bits per heavy atom. The van der Waals surface area contributed by atoms with Gasteiger partial charge >= 0.3 is 0 Å². The molecule has 21 heavy (non-hydrogen) atoms. The first-order valence-electron chi connectivity index (χ1n) is 7.59. The number of rotatable bonds is 6. The summed E-state index contributed by atoms with van der Waals surface area (Å²) < 4.78 is 30.3. The molecule has 1 aliphatic rings. The SMILES string of the molecule is CNC(CS(=O)(=O)C1CCCCC1)c1ccc(OC)cc1. The van der Waals surface area contributed by atoms with Gasteiger partial charge in [0.1, 0.15) is 5.75 Å². The number of hydrogen-bond acceptors (Lipinski definition) is 4. The van der Waals surface area contributed by atoms with E-state index < -0.39 is 9.84 Å². The Bertz CT molecular complexity index is 533. The summed E-state index contributed by atoms with van der Waals surface area (Å²) in [6.45, 7) is 0. The molecular formula is C16H25NO3S. The summed E-state index contributed by atoms with van der Waals surface area (Å²) in [5.74, 6) is 0.948. The number of methoxy groups -OCH3 is 1. The molecule has 1 N–H and O–H groups in total. The van der Waals surface area contributed by atoms with Crippen LogP contribution in [0.3, 0.4) is 0 Å². The van der Waals surface area contributed by atoms with E-state index in [1.165, 1.54) is 6.42 Å². The quantitative estimate of drug-likeness (QED) is 0.877. The van der Waals surface area contributed by atoms with Crippen LogP contribution in [-0.4, -0.2) is 33.6 Å². The highest BCUT2D eigenvalue weighted by atomic mass is 32.2. The molecule has 0 bridgehead atoms. The molecule has 4 nitrogen and oxygen atoms in total. The van der Waals surface area contributed by atoms with Gasteiger partial charge in [-0.05, 0) is 37.6 Å². The Balaban J connectivity index is 2.09. The summed E-state index contributed by atoms with van der Waals surface area (Å²) in [7, 11) is 0.382. The highest BCUT2D eigenvalue weighted by molar-refractivity contribution is 7.92. The van der Waals surface area contributed by atoms with E-state index >= 15 is 0 Å². The van der Waals surface area contributed by atoms with Crippen molar-refractivity contribution in [1.29, 1.82) is 0 Å². The molecule has 1 atom stereocenters. The lowest BCUT2D eigenvalue weighted by Crippen LogP contribution is -2.32. The van der Waals surface area contributed by atoms with Gasteiger partial charge in [-0.3, -0.25) is 0 Å². The third-order valence-electron chi connectivity index (χ3n) is 4.33. The van der Waals surface area contributed by atoms with E-state index in [1.54, 1.807) is 7.11 Å². The molecule has 0 amide bonds. The maximum atomic E-state index is 12.6. The summed E-state index contributed by atoms with van der Waals surface area (Å²) in [5.41, 5.74) is 0.984. The van der Waals surface area contributed by atoms with Crippen LogP contribution in [0.15, 0.2) is 24.3 Å². The van der Waals surface area contributed by atoms with E-state index in [0.717, 1.165) is 37.0 Å². The third-order valence-corrected chi connectivity index (χ3v) is 6.61. The van der Waals surface area contributed by atoms with Crippen molar-refractivity contribution in [3.63, 3.8) is 0 Å². The zero-order valence-corrected chi connectivity index (χ0v) is 13.7. The number of sulfone groups is 1. The zero-order valence-electron chi connectivity index (χ0n) is 12.8. The molecule has 1 unspecified atom stereocenters. The van der Waals surface area contributed by atoms with E-state index in [9.17, 15) is 8.42 Å². The van der Waals surface area contributed by atoms with E-state index in [2.05, 4.69) is 5.32 Å². The smallest absolute Gasteiger partial charge is 0.155 e. The van der Waals surface area contributed by atoms with Gasteiger partial charge in [0.25, 0.3) is 0 Å². The minimum atomic E-state index is -3.05. The topological polar surface area (TPSA) is 55.4 Å². The standard InChI is InChI=1S/C16H25NO3S/c1-17-16(13-8-10-14(20-2)11-9-13)12-21(18,19)15-6-4-3-5-7-15/h8-11,15-17H,3-7,12H2,1-2H3. The number of ether oxygens (including phenoxy) is 1. The maximum absolute atomic E-state index is 12.6. The molecular weight excluding hydrogens is 286 g/mol. The predicted molar refractivity (Wildman–Crippen MR) is 85.5 cm³/mol. The highest BCUT2D eigenvalue weighted by Gasteiger charge is 2.29. The molecule has 118 valence electrons. The van der Waals surface area contributed by atoms with Crippen molar-refractivity contribution in [2.24, 2.45) is 0 Å². The monoisotopic (exact) mass is 311 g/mol. The predicted octanol–water partition coefficient (Wildman–Crippen LogP) is 2.70. The van der Waals surface area contributed by atoms with Gasteiger partial charge in [0.05, 0.1) is 18.1 Å². The Hall–Kier alpha value is -1.07. The number of nitrogens with one attached hydrogen (secondary N) is 1. The van der Waals surface area contributed by atoms with Crippen LogP contribution in [-0.2, 0) is 9.84 Å². The highest BCUT2D eigenvalue weighted by Crippen LogP contribution is 2.27. The second kappa shape index (κ2) is 7.27. The molecule has 1 aromatic rings. The van der Waals surface area contributed by atoms with Gasteiger partial charge in [0.15, 0.2) is 9.84 Å². The fourth-order valence-corrected chi connectivity index (χ4v) is 5.12. The van der Waals surface area contributed by atoms with Crippen molar-refractivity contribution in [3.8, 4) is 5.75 Å². The molecule has 5 heteroatoms. The lowest BCUT2D eigenvalue weighted by atomic mass is 10.0. The van der Waals surface area contributed by atoms with E-state index in [-0.39, 0.29) is 17.0 Å². The van der Waals surface area contributed by atoms with Crippen molar-refractivity contribution in [1.82, 2.24) is 5.32 Å². The van der Waals surface area contributed by atoms with Gasteiger partial charge in [-0.2, -0.15) is 0 Å². The lowest BCUT2D eigenvalue weighted by molar-refractivity contribution is 0.414. The van der Waals surface area contributed by atoms with Crippen molar-refractivity contribution in [2.45, 2.75) is 43.4 Å². The van der Waals surface area contributed by atoms with E-state index in [1.807, 2.05) is 31.3 Å². The minimum Gasteiger partial charge on any atom is -0.497 e. The molecule has 0 spiro atoms. The molecule has 0 saturated heterocycles. The van der Waals surface area contributed by atoms with Crippen molar-refractivity contribution in [2.75, 3.05) is 19.9 Å². The second-order valence-corrected chi connectivity index (χ2v) is 8.03. The summed E-state index contributed by atoms with van der Waals surface area (Å²) >= 11 is 0. The van der Waals surface area contributed by atoms with Gasteiger partial charge in [0.2, 0.25) is 0 Å². The molecule has 1 aliphatic carbocycles. The average Bonchev–Trinajstić information content (AvgIpc) is 2.53.